The van der Waals surface area contributed by atoms with Gasteiger partial charge >= 0.3 is 0 Å². The van der Waals surface area contributed by atoms with Crippen LogP contribution in [0.25, 0.3) is 0 Å². The van der Waals surface area contributed by atoms with Gasteiger partial charge in [0.2, 0.25) is 0 Å². The number of halogens is 1. The number of phenols is 1. The zero-order valence-electron chi connectivity index (χ0n) is 12.4. The Hall–Kier alpha value is -1.67. The molecule has 0 unspecified atom stereocenters. The fourth-order valence-electron chi connectivity index (χ4n) is 2.98. The summed E-state index contributed by atoms with van der Waals surface area (Å²) < 4.78 is 0. The molecule has 2 N–H and O–H groups in total. The van der Waals surface area contributed by atoms with Crippen molar-refractivity contribution in [1.29, 1.82) is 0 Å². The van der Waals surface area contributed by atoms with Crippen molar-refractivity contribution in [1.82, 2.24) is 0 Å². The number of benzene rings is 2. The molecule has 0 spiro atoms. The van der Waals surface area contributed by atoms with Gasteiger partial charge in [-0.1, -0.05) is 29.8 Å². The number of aromatic hydroxyl groups is 1. The van der Waals surface area contributed by atoms with Crippen LogP contribution >= 0.6 is 11.6 Å². The van der Waals surface area contributed by atoms with Crippen LogP contribution in [0.15, 0.2) is 36.4 Å². The van der Waals surface area contributed by atoms with Crippen molar-refractivity contribution in [2.24, 2.45) is 0 Å². The Balaban J connectivity index is 1.64. The first-order chi connectivity index (χ1) is 10.0. The van der Waals surface area contributed by atoms with Crippen molar-refractivity contribution in [3.63, 3.8) is 0 Å². The third kappa shape index (κ3) is 2.86. The average molecular weight is 302 g/mol. The zero-order chi connectivity index (χ0) is 15.0. The minimum atomic E-state index is 0.394. The summed E-state index contributed by atoms with van der Waals surface area (Å²) in [6.07, 6.45) is 2.21. The molecule has 1 saturated carbocycles. The molecule has 2 nitrogen and oxygen atoms in total. The molecule has 0 aromatic heterocycles. The Bertz CT molecular complexity index is 662. The summed E-state index contributed by atoms with van der Waals surface area (Å²) >= 11 is 6.05. The fraction of sp³-hybridized carbons (Fsp3) is 0.333. The number of anilines is 1. The number of phenolic OH excluding ortho intramolecular Hbond substituents is 1. The number of rotatable bonds is 3. The van der Waals surface area contributed by atoms with Crippen LogP contribution in [0.1, 0.15) is 35.4 Å². The molecule has 21 heavy (non-hydrogen) atoms. The van der Waals surface area contributed by atoms with Crippen molar-refractivity contribution < 1.29 is 5.11 Å². The van der Waals surface area contributed by atoms with Crippen molar-refractivity contribution in [2.45, 2.75) is 38.6 Å². The highest BCUT2D eigenvalue weighted by Crippen LogP contribution is 2.40. The lowest BCUT2D eigenvalue weighted by Crippen LogP contribution is -2.34. The molecule has 0 bridgehead atoms. The minimum Gasteiger partial charge on any atom is -0.507 e. The molecule has 3 rings (SSSR count). The van der Waals surface area contributed by atoms with Gasteiger partial charge in [-0.3, -0.25) is 0 Å². The van der Waals surface area contributed by atoms with E-state index in [9.17, 15) is 5.11 Å². The Labute approximate surface area is 130 Å². The van der Waals surface area contributed by atoms with E-state index in [1.807, 2.05) is 32.0 Å². The number of hydrogen-bond donors (Lipinski definition) is 2. The van der Waals surface area contributed by atoms with Crippen LogP contribution in [-0.4, -0.2) is 11.1 Å². The van der Waals surface area contributed by atoms with Crippen LogP contribution in [0, 0.1) is 13.8 Å². The molecule has 1 fully saturated rings. The van der Waals surface area contributed by atoms with Gasteiger partial charge < -0.3 is 10.4 Å². The lowest BCUT2D eigenvalue weighted by Gasteiger charge is -2.37. The van der Waals surface area contributed by atoms with Crippen LogP contribution in [0.4, 0.5) is 5.69 Å². The largest absolute Gasteiger partial charge is 0.507 e. The Kier molecular flexibility index (Phi) is 3.81. The van der Waals surface area contributed by atoms with Gasteiger partial charge in [0, 0.05) is 22.3 Å². The SMILES string of the molecule is Cc1ccc(NC2CC(c3cccc(Cl)c3)C2)c(C)c1O. The molecule has 0 heterocycles. The second kappa shape index (κ2) is 5.61. The lowest BCUT2D eigenvalue weighted by atomic mass is 9.75. The molecule has 0 aliphatic heterocycles. The summed E-state index contributed by atoms with van der Waals surface area (Å²) in [7, 11) is 0. The van der Waals surface area contributed by atoms with Gasteiger partial charge in [0.15, 0.2) is 0 Å². The van der Waals surface area contributed by atoms with Crippen LogP contribution in [0.5, 0.6) is 5.75 Å². The molecule has 110 valence electrons. The normalized spacial score (nSPS) is 20.9. The van der Waals surface area contributed by atoms with Gasteiger partial charge in [0.25, 0.3) is 0 Å². The van der Waals surface area contributed by atoms with Gasteiger partial charge in [0.1, 0.15) is 5.75 Å². The predicted molar refractivity (Wildman–Crippen MR) is 88.4 cm³/mol. The van der Waals surface area contributed by atoms with E-state index in [1.54, 1.807) is 0 Å². The van der Waals surface area contributed by atoms with E-state index in [-0.39, 0.29) is 0 Å². The summed E-state index contributed by atoms with van der Waals surface area (Å²) in [6, 6.07) is 12.6. The first-order valence-electron chi connectivity index (χ1n) is 7.35. The first kappa shape index (κ1) is 14.3. The van der Waals surface area contributed by atoms with E-state index in [0.717, 1.165) is 34.7 Å². The third-order valence-electron chi connectivity index (χ3n) is 4.45. The van der Waals surface area contributed by atoms with Gasteiger partial charge in [-0.25, -0.2) is 0 Å². The standard InChI is InChI=1S/C18H20ClNO/c1-11-6-7-17(12(2)18(11)21)20-16-9-14(10-16)13-4-3-5-15(19)8-13/h3-8,14,16,20-21H,9-10H2,1-2H3. The van der Waals surface area contributed by atoms with Crippen LogP contribution < -0.4 is 5.32 Å². The molecule has 1 aliphatic carbocycles. The number of hydrogen-bond acceptors (Lipinski definition) is 2. The highest BCUT2D eigenvalue weighted by atomic mass is 35.5. The maximum atomic E-state index is 10.00. The van der Waals surface area contributed by atoms with Crippen molar-refractivity contribution in [3.8, 4) is 5.75 Å². The first-order valence-corrected chi connectivity index (χ1v) is 7.73. The second-order valence-corrected chi connectivity index (χ2v) is 6.40. The van der Waals surface area contributed by atoms with E-state index < -0.39 is 0 Å². The molecule has 3 heteroatoms. The molecule has 0 saturated heterocycles. The van der Waals surface area contributed by atoms with E-state index in [0.29, 0.717) is 17.7 Å². The Morgan fingerprint density at radius 1 is 1.14 bits per heavy atom. The van der Waals surface area contributed by atoms with Crippen molar-refractivity contribution in [3.05, 3.63) is 58.1 Å². The van der Waals surface area contributed by atoms with Gasteiger partial charge in [0.05, 0.1) is 0 Å². The third-order valence-corrected chi connectivity index (χ3v) is 4.69. The summed E-state index contributed by atoms with van der Waals surface area (Å²) in [6.45, 7) is 3.88. The topological polar surface area (TPSA) is 32.3 Å². The van der Waals surface area contributed by atoms with E-state index in [4.69, 9.17) is 11.6 Å². The average Bonchev–Trinajstić information content (AvgIpc) is 2.42. The zero-order valence-corrected chi connectivity index (χ0v) is 13.1. The lowest BCUT2D eigenvalue weighted by molar-refractivity contribution is 0.374. The van der Waals surface area contributed by atoms with Gasteiger partial charge in [-0.15, -0.1) is 0 Å². The van der Waals surface area contributed by atoms with Gasteiger partial charge in [-0.2, -0.15) is 0 Å². The van der Waals surface area contributed by atoms with Crippen LogP contribution in [-0.2, 0) is 0 Å². The molecular formula is C18H20ClNO. The predicted octanol–water partition coefficient (Wildman–Crippen LogP) is 5.02. The molecule has 0 atom stereocenters. The van der Waals surface area contributed by atoms with E-state index >= 15 is 0 Å². The Morgan fingerprint density at radius 2 is 1.90 bits per heavy atom. The highest BCUT2D eigenvalue weighted by molar-refractivity contribution is 6.30. The molecule has 0 radical (unpaired) electrons. The minimum absolute atomic E-state index is 0.394. The highest BCUT2D eigenvalue weighted by Gasteiger charge is 2.30. The Morgan fingerprint density at radius 3 is 2.62 bits per heavy atom. The van der Waals surface area contributed by atoms with Crippen LogP contribution in [0.3, 0.4) is 0 Å². The fourth-order valence-corrected chi connectivity index (χ4v) is 3.18. The monoisotopic (exact) mass is 301 g/mol. The molecule has 2 aromatic rings. The molecule has 2 aromatic carbocycles. The molecule has 0 amide bonds. The molecule has 1 aliphatic rings. The van der Waals surface area contributed by atoms with Crippen LogP contribution in [0.2, 0.25) is 5.02 Å². The molecular weight excluding hydrogens is 282 g/mol. The van der Waals surface area contributed by atoms with Gasteiger partial charge in [-0.05, 0) is 61.9 Å². The maximum Gasteiger partial charge on any atom is 0.123 e. The van der Waals surface area contributed by atoms with Crippen molar-refractivity contribution >= 4 is 17.3 Å². The summed E-state index contributed by atoms with van der Waals surface area (Å²) in [5, 5.41) is 14.3. The summed E-state index contributed by atoms with van der Waals surface area (Å²) in [5.74, 6) is 0.978. The quantitative estimate of drug-likeness (QED) is 0.834. The van der Waals surface area contributed by atoms with Crippen molar-refractivity contribution in [2.75, 3.05) is 5.32 Å². The second-order valence-electron chi connectivity index (χ2n) is 5.97. The van der Waals surface area contributed by atoms with E-state index in [1.165, 1.54) is 5.56 Å². The maximum absolute atomic E-state index is 10.00. The number of nitrogens with one attached hydrogen (secondary N) is 1. The summed E-state index contributed by atoms with van der Waals surface area (Å²) in [5.41, 5.74) is 4.21. The summed E-state index contributed by atoms with van der Waals surface area (Å²) in [4.78, 5) is 0. The number of aryl methyl sites for hydroxylation is 1. The smallest absolute Gasteiger partial charge is 0.123 e. The van der Waals surface area contributed by atoms with E-state index in [2.05, 4.69) is 23.5 Å².